The van der Waals surface area contributed by atoms with Crippen molar-refractivity contribution in [3.05, 3.63) is 46.8 Å². The van der Waals surface area contributed by atoms with E-state index in [-0.39, 0.29) is 11.9 Å². The molecule has 0 unspecified atom stereocenters. The number of nitrogens with zero attached hydrogens (tertiary/aromatic N) is 1. The Hall–Kier alpha value is -1.39. The molecular weight excluding hydrogens is 330 g/mol. The number of allylic oxidation sites excluding steroid dienone is 1. The fraction of sp³-hybridized carbons (Fsp3) is 0.389. The van der Waals surface area contributed by atoms with Gasteiger partial charge in [0.1, 0.15) is 0 Å². The number of rotatable bonds is 4. The highest BCUT2D eigenvalue weighted by atomic mass is 35.5. The Labute approximate surface area is 147 Å². The van der Waals surface area contributed by atoms with Gasteiger partial charge in [-0.05, 0) is 38.0 Å². The molecule has 0 N–H and O–H groups in total. The van der Waals surface area contributed by atoms with Gasteiger partial charge < -0.3 is 9.64 Å². The predicted octanol–water partition coefficient (Wildman–Crippen LogP) is 5.26. The summed E-state index contributed by atoms with van der Waals surface area (Å²) in [6.45, 7) is 12.2. The van der Waals surface area contributed by atoms with Crippen molar-refractivity contribution in [3.63, 3.8) is 0 Å². The van der Waals surface area contributed by atoms with Gasteiger partial charge in [0.05, 0.1) is 17.9 Å². The summed E-state index contributed by atoms with van der Waals surface area (Å²) < 4.78 is 5.27. The topological polar surface area (TPSA) is 29.5 Å². The molecule has 0 aliphatic carbocycles. The van der Waals surface area contributed by atoms with Gasteiger partial charge in [0, 0.05) is 27.1 Å². The first-order valence-electron chi connectivity index (χ1n) is 7.65. The minimum atomic E-state index is -0.255. The van der Waals surface area contributed by atoms with Gasteiger partial charge >= 0.3 is 5.97 Å². The average Bonchev–Trinajstić information content (AvgIpc) is 2.46. The van der Waals surface area contributed by atoms with Crippen LogP contribution in [0.2, 0.25) is 5.02 Å². The molecule has 0 fully saturated rings. The second-order valence-electron chi connectivity index (χ2n) is 5.71. The van der Waals surface area contributed by atoms with Crippen LogP contribution >= 0.6 is 23.4 Å². The van der Waals surface area contributed by atoms with Crippen LogP contribution in [0.1, 0.15) is 27.7 Å². The third kappa shape index (κ3) is 3.75. The monoisotopic (exact) mass is 351 g/mol. The van der Waals surface area contributed by atoms with Gasteiger partial charge in [-0.15, -0.1) is 11.8 Å². The normalized spacial score (nSPS) is 16.2. The molecule has 0 radical (unpaired) electrons. The molecule has 23 heavy (non-hydrogen) atoms. The zero-order valence-corrected chi connectivity index (χ0v) is 15.6. The lowest BCUT2D eigenvalue weighted by Gasteiger charge is -2.35. The second kappa shape index (κ2) is 7.45. The van der Waals surface area contributed by atoms with E-state index in [1.54, 1.807) is 11.8 Å². The summed E-state index contributed by atoms with van der Waals surface area (Å²) in [6.07, 6.45) is 0. The number of fused-ring (bicyclic) bond motifs is 1. The number of benzene rings is 1. The summed E-state index contributed by atoms with van der Waals surface area (Å²) >= 11 is 7.88. The van der Waals surface area contributed by atoms with E-state index in [9.17, 15) is 4.79 Å². The summed E-state index contributed by atoms with van der Waals surface area (Å²) in [6, 6.07) is 5.81. The van der Waals surface area contributed by atoms with Gasteiger partial charge in [-0.2, -0.15) is 0 Å². The van der Waals surface area contributed by atoms with Crippen molar-refractivity contribution in [2.24, 2.45) is 5.92 Å². The maximum atomic E-state index is 12.5. The van der Waals surface area contributed by atoms with Crippen LogP contribution in [0.15, 0.2) is 46.6 Å². The minimum Gasteiger partial charge on any atom is -0.463 e. The van der Waals surface area contributed by atoms with E-state index in [4.69, 9.17) is 16.3 Å². The van der Waals surface area contributed by atoms with E-state index in [2.05, 4.69) is 6.58 Å². The van der Waals surface area contributed by atoms with Crippen molar-refractivity contribution >= 4 is 35.0 Å². The zero-order valence-electron chi connectivity index (χ0n) is 14.0. The third-order valence-electron chi connectivity index (χ3n) is 3.56. The van der Waals surface area contributed by atoms with Crippen molar-refractivity contribution in [2.45, 2.75) is 32.6 Å². The van der Waals surface area contributed by atoms with Gasteiger partial charge in [0.15, 0.2) is 0 Å². The van der Waals surface area contributed by atoms with Gasteiger partial charge in [-0.25, -0.2) is 4.79 Å². The second-order valence-corrected chi connectivity index (χ2v) is 7.16. The average molecular weight is 352 g/mol. The maximum absolute atomic E-state index is 12.5. The molecule has 0 amide bonds. The van der Waals surface area contributed by atoms with Gasteiger partial charge in [0.25, 0.3) is 0 Å². The van der Waals surface area contributed by atoms with Crippen molar-refractivity contribution < 1.29 is 9.53 Å². The van der Waals surface area contributed by atoms with Crippen LogP contribution in [-0.2, 0) is 9.53 Å². The summed E-state index contributed by atoms with van der Waals surface area (Å²) in [7, 11) is 0. The van der Waals surface area contributed by atoms with Crippen molar-refractivity contribution in [1.29, 1.82) is 0 Å². The standard InChI is InChI=1S/C18H22ClNO2S/c1-6-22-18(21)17(11(2)3)15-10-23-16-8-7-13(19)9-14(16)20(15)12(4)5/h7-9,11H,4,6,10H2,1-3,5H3/b17-15+. The molecule has 124 valence electrons. The first-order chi connectivity index (χ1) is 10.9. The van der Waals surface area contributed by atoms with Gasteiger partial charge in [0.2, 0.25) is 0 Å². The Balaban J connectivity index is 2.63. The molecule has 0 bridgehead atoms. The molecule has 1 aliphatic heterocycles. The van der Waals surface area contributed by atoms with Crippen molar-refractivity contribution in [1.82, 2.24) is 0 Å². The van der Waals surface area contributed by atoms with E-state index in [0.717, 1.165) is 22.0 Å². The number of thioether (sulfide) groups is 1. The number of hydrogen-bond donors (Lipinski definition) is 0. The number of esters is 1. The van der Waals surface area contributed by atoms with Crippen LogP contribution in [0.5, 0.6) is 0 Å². The molecule has 1 aliphatic rings. The lowest BCUT2D eigenvalue weighted by molar-refractivity contribution is -0.139. The Kier molecular flexibility index (Phi) is 5.82. The van der Waals surface area contributed by atoms with Crippen LogP contribution in [0.25, 0.3) is 0 Å². The van der Waals surface area contributed by atoms with Crippen LogP contribution in [0.4, 0.5) is 5.69 Å². The van der Waals surface area contributed by atoms with Crippen molar-refractivity contribution in [3.8, 4) is 0 Å². The molecule has 0 saturated carbocycles. The predicted molar refractivity (Wildman–Crippen MR) is 98.0 cm³/mol. The molecule has 1 aromatic carbocycles. The number of ether oxygens (including phenoxy) is 1. The van der Waals surface area contributed by atoms with Gasteiger partial charge in [-0.1, -0.05) is 32.0 Å². The summed E-state index contributed by atoms with van der Waals surface area (Å²) in [5.74, 6) is 0.510. The molecule has 3 nitrogen and oxygen atoms in total. The number of hydrogen-bond acceptors (Lipinski definition) is 4. The maximum Gasteiger partial charge on any atom is 0.336 e. The lowest BCUT2D eigenvalue weighted by Crippen LogP contribution is -2.30. The van der Waals surface area contributed by atoms with Gasteiger partial charge in [-0.3, -0.25) is 0 Å². The smallest absolute Gasteiger partial charge is 0.336 e. The van der Waals surface area contributed by atoms with E-state index in [0.29, 0.717) is 23.0 Å². The fourth-order valence-corrected chi connectivity index (χ4v) is 3.88. The van der Waals surface area contributed by atoms with E-state index < -0.39 is 0 Å². The minimum absolute atomic E-state index is 0.0623. The first-order valence-corrected chi connectivity index (χ1v) is 9.01. The van der Waals surface area contributed by atoms with E-state index in [1.807, 2.05) is 50.8 Å². The number of carbonyl (C=O) groups excluding carboxylic acids is 1. The van der Waals surface area contributed by atoms with Crippen molar-refractivity contribution in [2.75, 3.05) is 17.3 Å². The molecule has 1 heterocycles. The van der Waals surface area contributed by atoms with Crippen LogP contribution < -0.4 is 4.90 Å². The molecule has 0 saturated heterocycles. The van der Waals surface area contributed by atoms with Crippen LogP contribution in [0.3, 0.4) is 0 Å². The highest BCUT2D eigenvalue weighted by Crippen LogP contribution is 2.43. The van der Waals surface area contributed by atoms with E-state index in [1.165, 1.54) is 0 Å². The molecule has 0 atom stereocenters. The highest BCUT2D eigenvalue weighted by molar-refractivity contribution is 7.99. The molecule has 5 heteroatoms. The zero-order chi connectivity index (χ0) is 17.1. The lowest BCUT2D eigenvalue weighted by atomic mass is 10.00. The molecule has 0 spiro atoms. The molecule has 2 rings (SSSR count). The quantitative estimate of drug-likeness (QED) is 0.546. The molecule has 1 aromatic rings. The SMILES string of the molecule is C=C(C)N1/C(=C(/C(=O)OCC)C(C)C)CSc2ccc(Cl)cc21. The van der Waals surface area contributed by atoms with Crippen LogP contribution in [-0.4, -0.2) is 18.3 Å². The molecule has 0 aromatic heterocycles. The number of anilines is 1. The Bertz CT molecular complexity index is 667. The number of halogens is 1. The molecular formula is C18H22ClNO2S. The van der Waals surface area contributed by atoms with Crippen LogP contribution in [0, 0.1) is 5.92 Å². The summed E-state index contributed by atoms with van der Waals surface area (Å²) in [5.41, 5.74) is 3.46. The summed E-state index contributed by atoms with van der Waals surface area (Å²) in [4.78, 5) is 15.6. The van der Waals surface area contributed by atoms with E-state index >= 15 is 0 Å². The summed E-state index contributed by atoms with van der Waals surface area (Å²) in [5, 5.41) is 0.666. The Morgan fingerprint density at radius 2 is 2.17 bits per heavy atom. The third-order valence-corrected chi connectivity index (χ3v) is 4.87. The first kappa shape index (κ1) is 18.0. The highest BCUT2D eigenvalue weighted by Gasteiger charge is 2.30. The fourth-order valence-electron chi connectivity index (χ4n) is 2.67. The largest absolute Gasteiger partial charge is 0.463 e. The number of carbonyl (C=O) groups is 1. The Morgan fingerprint density at radius 3 is 2.74 bits per heavy atom. The Morgan fingerprint density at radius 1 is 1.48 bits per heavy atom.